The summed E-state index contributed by atoms with van der Waals surface area (Å²) in [5.41, 5.74) is 3.59. The van der Waals surface area contributed by atoms with E-state index in [4.69, 9.17) is 5.21 Å². The number of aryl methyl sites for hydroxylation is 1. The Bertz CT molecular complexity index is 721. The number of rotatable bonds is 11. The standard InChI is InChI=1S/C12H17NO.C11H21N3O4.C2H6/c1-3-4-5-12(14)13-11-8-6-10(2)7-9-11;1-7(2)4-8(5-9(15)14-18)11(17)13-6-10(16)12-3;1-2/h6-9H,3-5H2,1-2H3,(H,13,14);7-8,18H,4-6H2,1-3H3,(H,12,16)(H,13,17)(H,14,15);1-2H3. The molecule has 0 radical (unpaired) electrons. The number of hydrogen-bond donors (Lipinski definition) is 5. The van der Waals surface area contributed by atoms with E-state index in [2.05, 4.69) is 22.9 Å². The first-order chi connectivity index (χ1) is 16.1. The van der Waals surface area contributed by atoms with Gasteiger partial charge in [0.1, 0.15) is 0 Å². The number of hydrogen-bond acceptors (Lipinski definition) is 5. The van der Waals surface area contributed by atoms with Gasteiger partial charge in [0.2, 0.25) is 23.6 Å². The molecule has 0 fully saturated rings. The molecule has 9 nitrogen and oxygen atoms in total. The van der Waals surface area contributed by atoms with Crippen LogP contribution in [0.2, 0.25) is 0 Å². The van der Waals surface area contributed by atoms with Crippen LogP contribution in [0.3, 0.4) is 0 Å². The second kappa shape index (κ2) is 20.7. The summed E-state index contributed by atoms with van der Waals surface area (Å²) in [6.45, 7) is 11.8. The van der Waals surface area contributed by atoms with E-state index in [1.807, 2.05) is 58.9 Å². The second-order valence-corrected chi connectivity index (χ2v) is 7.97. The third-order valence-corrected chi connectivity index (χ3v) is 4.48. The Hall–Kier alpha value is -2.94. The van der Waals surface area contributed by atoms with E-state index in [1.165, 1.54) is 18.1 Å². The molecule has 0 heterocycles. The Morgan fingerprint density at radius 1 is 0.971 bits per heavy atom. The van der Waals surface area contributed by atoms with Gasteiger partial charge in [0, 0.05) is 31.5 Å². The van der Waals surface area contributed by atoms with Crippen LogP contribution < -0.4 is 21.4 Å². The first kappa shape index (κ1) is 33.2. The van der Waals surface area contributed by atoms with Gasteiger partial charge in [-0.15, -0.1) is 0 Å². The van der Waals surface area contributed by atoms with E-state index in [-0.39, 0.29) is 36.6 Å². The van der Waals surface area contributed by atoms with E-state index < -0.39 is 11.8 Å². The summed E-state index contributed by atoms with van der Waals surface area (Å²) in [5, 5.41) is 16.2. The summed E-state index contributed by atoms with van der Waals surface area (Å²) >= 11 is 0. The molecule has 0 aliphatic carbocycles. The Kier molecular flexibility index (Phi) is 20.2. The average Bonchev–Trinajstić information content (AvgIpc) is 2.83. The molecule has 1 atom stereocenters. The fraction of sp³-hybridized carbons (Fsp3) is 0.600. The average molecular weight is 481 g/mol. The highest BCUT2D eigenvalue weighted by atomic mass is 16.5. The Balaban J connectivity index is 0. The van der Waals surface area contributed by atoms with Gasteiger partial charge >= 0.3 is 0 Å². The van der Waals surface area contributed by atoms with Crippen molar-refractivity contribution in [2.24, 2.45) is 11.8 Å². The molecule has 9 heteroatoms. The van der Waals surface area contributed by atoms with Gasteiger partial charge in [-0.1, -0.05) is 58.7 Å². The van der Waals surface area contributed by atoms with Gasteiger partial charge in [-0.05, 0) is 37.8 Å². The van der Waals surface area contributed by atoms with Gasteiger partial charge in [-0.2, -0.15) is 0 Å². The largest absolute Gasteiger partial charge is 0.358 e. The maximum atomic E-state index is 11.8. The van der Waals surface area contributed by atoms with Gasteiger partial charge in [0.05, 0.1) is 6.54 Å². The van der Waals surface area contributed by atoms with Crippen molar-refractivity contribution in [3.63, 3.8) is 0 Å². The number of nitrogens with one attached hydrogen (secondary N) is 4. The monoisotopic (exact) mass is 480 g/mol. The highest BCUT2D eigenvalue weighted by Gasteiger charge is 2.23. The molecule has 4 amide bonds. The Morgan fingerprint density at radius 3 is 2.03 bits per heavy atom. The van der Waals surface area contributed by atoms with Crippen molar-refractivity contribution in [1.29, 1.82) is 0 Å². The van der Waals surface area contributed by atoms with E-state index in [0.717, 1.165) is 18.5 Å². The molecule has 1 rings (SSSR count). The summed E-state index contributed by atoms with van der Waals surface area (Å²) < 4.78 is 0. The molecule has 1 unspecified atom stereocenters. The van der Waals surface area contributed by atoms with Gasteiger partial charge in [-0.3, -0.25) is 24.4 Å². The second-order valence-electron chi connectivity index (χ2n) is 7.97. The van der Waals surface area contributed by atoms with Gasteiger partial charge in [0.15, 0.2) is 0 Å². The SMILES string of the molecule is CC.CCCCC(=O)Nc1ccc(C)cc1.CNC(=O)CNC(=O)C(CC(=O)NO)CC(C)C. The fourth-order valence-corrected chi connectivity index (χ4v) is 2.72. The summed E-state index contributed by atoms with van der Waals surface area (Å²) in [6, 6.07) is 7.85. The molecule has 0 bridgehead atoms. The normalized spacial score (nSPS) is 10.5. The highest BCUT2D eigenvalue weighted by Crippen LogP contribution is 2.15. The quantitative estimate of drug-likeness (QED) is 0.244. The fourth-order valence-electron chi connectivity index (χ4n) is 2.72. The van der Waals surface area contributed by atoms with Gasteiger partial charge in [-0.25, -0.2) is 5.48 Å². The zero-order valence-electron chi connectivity index (χ0n) is 21.8. The van der Waals surface area contributed by atoms with Crippen LogP contribution in [0.25, 0.3) is 0 Å². The van der Waals surface area contributed by atoms with Crippen LogP contribution in [-0.2, 0) is 19.2 Å². The van der Waals surface area contributed by atoms with E-state index in [0.29, 0.717) is 12.8 Å². The smallest absolute Gasteiger partial charge is 0.244 e. The number of anilines is 1. The minimum Gasteiger partial charge on any atom is -0.358 e. The molecule has 1 aromatic carbocycles. The van der Waals surface area contributed by atoms with Gasteiger partial charge in [0.25, 0.3) is 0 Å². The summed E-state index contributed by atoms with van der Waals surface area (Å²) in [6.07, 6.45) is 3.03. The summed E-state index contributed by atoms with van der Waals surface area (Å²) in [5.74, 6) is -1.50. The third-order valence-electron chi connectivity index (χ3n) is 4.48. The minimum atomic E-state index is -0.615. The maximum absolute atomic E-state index is 11.8. The van der Waals surface area contributed by atoms with Crippen LogP contribution in [0.5, 0.6) is 0 Å². The molecule has 34 heavy (non-hydrogen) atoms. The predicted molar refractivity (Wildman–Crippen MR) is 135 cm³/mol. The highest BCUT2D eigenvalue weighted by molar-refractivity contribution is 5.90. The van der Waals surface area contributed by atoms with Crippen molar-refractivity contribution in [2.45, 2.75) is 73.6 Å². The van der Waals surface area contributed by atoms with Crippen LogP contribution >= 0.6 is 0 Å². The number of unbranched alkanes of at least 4 members (excludes halogenated alkanes) is 1. The molecule has 0 spiro atoms. The molecule has 0 aromatic heterocycles. The van der Waals surface area contributed by atoms with E-state index in [1.54, 1.807) is 0 Å². The zero-order valence-corrected chi connectivity index (χ0v) is 21.8. The number of amides is 4. The van der Waals surface area contributed by atoms with Crippen molar-refractivity contribution in [2.75, 3.05) is 18.9 Å². The molecule has 0 aliphatic rings. The number of carbonyl (C=O) groups is 4. The third kappa shape index (κ3) is 17.6. The molecule has 1 aromatic rings. The molecule has 194 valence electrons. The number of carbonyl (C=O) groups excluding carboxylic acids is 4. The Labute approximate surface area is 204 Å². The first-order valence-corrected chi connectivity index (χ1v) is 11.9. The van der Waals surface area contributed by atoms with Gasteiger partial charge < -0.3 is 16.0 Å². The molecule has 0 aliphatic heterocycles. The van der Waals surface area contributed by atoms with Crippen LogP contribution in [0.4, 0.5) is 5.69 Å². The Morgan fingerprint density at radius 2 is 1.56 bits per heavy atom. The zero-order chi connectivity index (χ0) is 26.5. The minimum absolute atomic E-state index is 0.103. The topological polar surface area (TPSA) is 137 Å². The lowest BCUT2D eigenvalue weighted by atomic mass is 9.93. The van der Waals surface area contributed by atoms with Crippen molar-refractivity contribution in [1.82, 2.24) is 16.1 Å². The van der Waals surface area contributed by atoms with E-state index in [9.17, 15) is 19.2 Å². The number of likely N-dealkylation sites (N-methyl/N-ethyl adjacent to an activating group) is 1. The van der Waals surface area contributed by atoms with Crippen LogP contribution in [0, 0.1) is 18.8 Å². The first-order valence-electron chi connectivity index (χ1n) is 11.9. The lowest BCUT2D eigenvalue weighted by molar-refractivity contribution is -0.135. The van der Waals surface area contributed by atoms with E-state index >= 15 is 0 Å². The maximum Gasteiger partial charge on any atom is 0.244 e. The van der Waals surface area contributed by atoms with Crippen molar-refractivity contribution in [3.8, 4) is 0 Å². The lowest BCUT2D eigenvalue weighted by Gasteiger charge is -2.17. The van der Waals surface area contributed by atoms with Crippen molar-refractivity contribution < 1.29 is 24.4 Å². The molecular formula is C25H44N4O5. The molecule has 5 N–H and O–H groups in total. The predicted octanol–water partition coefficient (Wildman–Crippen LogP) is 3.56. The summed E-state index contributed by atoms with van der Waals surface area (Å²) in [4.78, 5) is 45.2. The summed E-state index contributed by atoms with van der Waals surface area (Å²) in [7, 11) is 1.47. The number of hydroxylamine groups is 1. The lowest BCUT2D eigenvalue weighted by Crippen LogP contribution is -2.40. The molecular weight excluding hydrogens is 436 g/mol. The van der Waals surface area contributed by atoms with Crippen LogP contribution in [0.1, 0.15) is 72.3 Å². The molecule has 0 saturated carbocycles. The van der Waals surface area contributed by atoms with Crippen molar-refractivity contribution >= 4 is 29.3 Å². The van der Waals surface area contributed by atoms with Crippen LogP contribution in [-0.4, -0.2) is 42.4 Å². The molecule has 0 saturated heterocycles. The van der Waals surface area contributed by atoms with Crippen LogP contribution in [0.15, 0.2) is 24.3 Å². The number of benzene rings is 1. The van der Waals surface area contributed by atoms with Crippen molar-refractivity contribution in [3.05, 3.63) is 29.8 Å².